The van der Waals surface area contributed by atoms with E-state index in [-0.39, 0.29) is 20.7 Å². The third-order valence-corrected chi connectivity index (χ3v) is 2.45. The van der Waals surface area contributed by atoms with Gasteiger partial charge in [0.25, 0.3) is 0 Å². The van der Waals surface area contributed by atoms with Crippen molar-refractivity contribution in [3.63, 3.8) is 0 Å². The minimum Gasteiger partial charge on any atom is -0.192 e. The SMILES string of the molecule is N#CC1=C=IC=CC=C1. The Balaban J connectivity index is 3.01. The number of hydrogen-bond donors (Lipinski definition) is 0. The van der Waals surface area contributed by atoms with E-state index in [9.17, 15) is 0 Å². The molecule has 0 radical (unpaired) electrons. The molecule has 0 fully saturated rings. The molecule has 0 saturated heterocycles. The fraction of sp³-hybridized carbons (Fsp3) is 0. The fourth-order valence-electron chi connectivity index (χ4n) is 0.410. The van der Waals surface area contributed by atoms with Crippen LogP contribution in [0, 0.1) is 11.3 Å². The van der Waals surface area contributed by atoms with Crippen molar-refractivity contribution >= 4 is 24.4 Å². The van der Waals surface area contributed by atoms with Crippen molar-refractivity contribution in [3.05, 3.63) is 27.9 Å². The maximum absolute atomic E-state index is 8.41. The third kappa shape index (κ3) is 1.96. The summed E-state index contributed by atoms with van der Waals surface area (Å²) in [5.41, 5.74) is 0.674. The van der Waals surface area contributed by atoms with Crippen LogP contribution in [0.3, 0.4) is 0 Å². The molecule has 2 heteroatoms. The topological polar surface area (TPSA) is 23.8 Å². The van der Waals surface area contributed by atoms with Crippen LogP contribution in [0.25, 0.3) is 0 Å². The van der Waals surface area contributed by atoms with Gasteiger partial charge in [-0.15, -0.1) is 0 Å². The lowest BCUT2D eigenvalue weighted by Gasteiger charge is -1.72. The minimum absolute atomic E-state index is 0.112. The first kappa shape index (κ1) is 6.47. The van der Waals surface area contributed by atoms with Crippen LogP contribution in [0.2, 0.25) is 0 Å². The highest BCUT2D eigenvalue weighted by Crippen LogP contribution is 2.02. The van der Waals surface area contributed by atoms with Crippen LogP contribution in [0.4, 0.5) is 0 Å². The van der Waals surface area contributed by atoms with E-state index in [1.54, 1.807) is 6.08 Å². The lowest BCUT2D eigenvalue weighted by atomic mass is 10.3. The quantitative estimate of drug-likeness (QED) is 0.582. The summed E-state index contributed by atoms with van der Waals surface area (Å²) in [5, 5.41) is 8.41. The predicted molar refractivity (Wildman–Crippen MR) is 46.4 cm³/mol. The zero-order chi connectivity index (χ0) is 6.53. The number of halogens is 1. The molecule has 0 amide bonds. The molecule has 0 spiro atoms. The normalized spacial score (nSPS) is 15.2. The van der Waals surface area contributed by atoms with E-state index in [1.807, 2.05) is 12.2 Å². The molecule has 1 nitrogen and oxygen atoms in total. The van der Waals surface area contributed by atoms with Crippen LogP contribution in [0.15, 0.2) is 27.9 Å². The molecule has 9 heavy (non-hydrogen) atoms. The molecular formula is C7H4IN. The van der Waals surface area contributed by atoms with E-state index in [1.165, 1.54) is 0 Å². The molecule has 44 valence electrons. The highest BCUT2D eigenvalue weighted by molar-refractivity contribution is 14.2. The van der Waals surface area contributed by atoms with Gasteiger partial charge in [-0.3, -0.25) is 0 Å². The molecule has 1 heterocycles. The Morgan fingerprint density at radius 1 is 1.56 bits per heavy atom. The largest absolute Gasteiger partial charge is 0.192 e. The summed E-state index contributed by atoms with van der Waals surface area (Å²) in [6.45, 7) is 0. The van der Waals surface area contributed by atoms with Gasteiger partial charge >= 0.3 is 0 Å². The molecule has 0 aromatic rings. The second-order valence-electron chi connectivity index (χ2n) is 1.41. The number of rotatable bonds is 0. The summed E-state index contributed by atoms with van der Waals surface area (Å²) in [6.07, 6.45) is 5.62. The smallest absolute Gasteiger partial charge is 0.108 e. The minimum atomic E-state index is -0.112. The Bertz CT molecular complexity index is 259. The van der Waals surface area contributed by atoms with E-state index < -0.39 is 0 Å². The van der Waals surface area contributed by atoms with Crippen LogP contribution in [0.5, 0.6) is 0 Å². The van der Waals surface area contributed by atoms with Crippen LogP contribution in [-0.2, 0) is 0 Å². The van der Waals surface area contributed by atoms with Gasteiger partial charge in [0.15, 0.2) is 0 Å². The van der Waals surface area contributed by atoms with Crippen LogP contribution < -0.4 is 0 Å². The molecule has 0 aromatic heterocycles. The molecule has 1 aliphatic rings. The first-order chi connectivity index (χ1) is 4.43. The van der Waals surface area contributed by atoms with Gasteiger partial charge in [0.05, 0.1) is 5.57 Å². The van der Waals surface area contributed by atoms with Crippen LogP contribution >= 0.6 is 20.7 Å². The number of allylic oxidation sites excluding steroid dienone is 4. The monoisotopic (exact) mass is 229 g/mol. The van der Waals surface area contributed by atoms with Crippen LogP contribution in [-0.4, -0.2) is 3.67 Å². The van der Waals surface area contributed by atoms with Gasteiger partial charge in [0, 0.05) is 0 Å². The Kier molecular flexibility index (Phi) is 2.44. The van der Waals surface area contributed by atoms with E-state index in [4.69, 9.17) is 5.26 Å². The van der Waals surface area contributed by atoms with Gasteiger partial charge in [-0.1, -0.05) is 15.8 Å². The Hall–Kier alpha value is -0.650. The van der Waals surface area contributed by atoms with Gasteiger partial charge in [-0.05, 0) is 30.9 Å². The summed E-state index contributed by atoms with van der Waals surface area (Å²) in [7, 11) is 0. The number of nitrogens with zero attached hydrogens (tertiary/aromatic N) is 1. The van der Waals surface area contributed by atoms with Crippen molar-refractivity contribution in [3.8, 4) is 6.07 Å². The van der Waals surface area contributed by atoms with Gasteiger partial charge in [-0.2, -0.15) is 5.26 Å². The zero-order valence-electron chi connectivity index (χ0n) is 4.63. The molecule has 1 rings (SSSR count). The number of hydrogen-bond acceptors (Lipinski definition) is 1. The second-order valence-corrected chi connectivity index (χ2v) is 3.29. The first-order valence-corrected chi connectivity index (χ1v) is 4.74. The summed E-state index contributed by atoms with van der Waals surface area (Å²) in [4.78, 5) is 0. The fourth-order valence-corrected chi connectivity index (χ4v) is 1.67. The van der Waals surface area contributed by atoms with Crippen molar-refractivity contribution in [2.24, 2.45) is 0 Å². The lowest BCUT2D eigenvalue weighted by molar-refractivity contribution is 1.51. The Morgan fingerprint density at radius 3 is 3.22 bits per heavy atom. The Morgan fingerprint density at radius 2 is 2.44 bits per heavy atom. The molecule has 0 atom stereocenters. The Labute approximate surface area is 63.7 Å². The molecule has 0 aliphatic carbocycles. The highest BCUT2D eigenvalue weighted by Gasteiger charge is 1.83. The van der Waals surface area contributed by atoms with E-state index in [2.05, 4.69) is 13.8 Å². The third-order valence-electron chi connectivity index (χ3n) is 0.787. The van der Waals surface area contributed by atoms with E-state index >= 15 is 0 Å². The zero-order valence-corrected chi connectivity index (χ0v) is 6.79. The summed E-state index contributed by atoms with van der Waals surface area (Å²) in [5.74, 6) is 0. The summed E-state index contributed by atoms with van der Waals surface area (Å²) < 4.78 is 5.09. The van der Waals surface area contributed by atoms with Gasteiger partial charge in [0.2, 0.25) is 0 Å². The maximum atomic E-state index is 8.41. The summed E-state index contributed by atoms with van der Waals surface area (Å²) in [6, 6.07) is 2.05. The number of nitriles is 1. The van der Waals surface area contributed by atoms with Gasteiger partial charge in [-0.25, -0.2) is 0 Å². The summed E-state index contributed by atoms with van der Waals surface area (Å²) >= 11 is -0.112. The maximum Gasteiger partial charge on any atom is 0.108 e. The molecule has 0 aromatic carbocycles. The van der Waals surface area contributed by atoms with Crippen LogP contribution in [0.1, 0.15) is 0 Å². The molecule has 0 N–H and O–H groups in total. The highest BCUT2D eigenvalue weighted by atomic mass is 127. The van der Waals surface area contributed by atoms with Gasteiger partial charge in [0.1, 0.15) is 6.07 Å². The van der Waals surface area contributed by atoms with E-state index in [0.29, 0.717) is 5.57 Å². The average molecular weight is 229 g/mol. The molecular weight excluding hydrogens is 225 g/mol. The van der Waals surface area contributed by atoms with Crippen molar-refractivity contribution < 1.29 is 0 Å². The molecule has 0 saturated carbocycles. The van der Waals surface area contributed by atoms with Crippen molar-refractivity contribution in [2.75, 3.05) is 0 Å². The van der Waals surface area contributed by atoms with Crippen molar-refractivity contribution in [2.45, 2.75) is 0 Å². The van der Waals surface area contributed by atoms with Crippen molar-refractivity contribution in [1.29, 1.82) is 5.26 Å². The van der Waals surface area contributed by atoms with E-state index in [0.717, 1.165) is 0 Å². The van der Waals surface area contributed by atoms with Crippen molar-refractivity contribution in [1.82, 2.24) is 0 Å². The first-order valence-electron chi connectivity index (χ1n) is 2.42. The molecule has 0 unspecified atom stereocenters. The molecule has 1 aliphatic heterocycles. The lowest BCUT2D eigenvalue weighted by Crippen LogP contribution is -1.66. The predicted octanol–water partition coefficient (Wildman–Crippen LogP) is 1.89. The standard InChI is InChI=1S/C7H4IN/c9-6-7-3-1-2-4-8-5-7/h1-4H. The second kappa shape index (κ2) is 3.39. The van der Waals surface area contributed by atoms with Gasteiger partial charge < -0.3 is 0 Å². The molecule has 0 bridgehead atoms. The average Bonchev–Trinajstić information content (AvgIpc) is 2.13.